The van der Waals surface area contributed by atoms with Gasteiger partial charge in [-0.2, -0.15) is 13.2 Å². The first kappa shape index (κ1) is 26.2. The van der Waals surface area contributed by atoms with Gasteiger partial charge in [0.05, 0.1) is 5.71 Å². The number of halogens is 5. The monoisotopic (exact) mass is 543 g/mol. The lowest BCUT2D eigenvalue weighted by atomic mass is 9.87. The summed E-state index contributed by atoms with van der Waals surface area (Å²) in [4.78, 5) is 35.2. The minimum Gasteiger partial charge on any atom is -0.378 e. The fourth-order valence-electron chi connectivity index (χ4n) is 4.18. The third-order valence-corrected chi connectivity index (χ3v) is 6.49. The molecule has 2 aliphatic heterocycles. The molecule has 2 amide bonds. The maximum Gasteiger partial charge on any atom is 0.431 e. The van der Waals surface area contributed by atoms with Crippen molar-refractivity contribution in [3.63, 3.8) is 0 Å². The van der Waals surface area contributed by atoms with E-state index in [4.69, 9.17) is 32.9 Å². The smallest absolute Gasteiger partial charge is 0.378 e. The Morgan fingerprint density at radius 3 is 2.50 bits per heavy atom. The number of aryl methyl sites for hydroxylation is 1. The van der Waals surface area contributed by atoms with Crippen LogP contribution in [-0.2, 0) is 20.9 Å². The number of nitrogens with one attached hydrogen (secondary N) is 1. The van der Waals surface area contributed by atoms with Crippen molar-refractivity contribution in [2.45, 2.75) is 44.5 Å². The number of hydroxylamine groups is 2. The molecule has 0 aliphatic carbocycles. The second-order valence-electron chi connectivity index (χ2n) is 8.64. The summed E-state index contributed by atoms with van der Waals surface area (Å²) in [5.41, 5.74) is -1.08. The minimum atomic E-state index is -4.73. The topological polar surface area (TPSA) is 80.2 Å². The van der Waals surface area contributed by atoms with E-state index in [9.17, 15) is 22.8 Å². The van der Waals surface area contributed by atoms with Crippen LogP contribution in [0.25, 0.3) is 0 Å². The van der Waals surface area contributed by atoms with Crippen LogP contribution in [0.15, 0.2) is 41.6 Å². The summed E-state index contributed by atoms with van der Waals surface area (Å²) in [6, 6.07) is 7.96. The number of nitrogens with zero attached hydrogens (tertiary/aromatic N) is 2. The van der Waals surface area contributed by atoms with E-state index in [0.717, 1.165) is 0 Å². The Kier molecular flexibility index (Phi) is 7.23. The summed E-state index contributed by atoms with van der Waals surface area (Å²) in [5.74, 6) is -0.840. The zero-order valence-electron chi connectivity index (χ0n) is 19.3. The Morgan fingerprint density at radius 2 is 1.92 bits per heavy atom. The number of hydrogen-bond donors (Lipinski definition) is 1. The minimum absolute atomic E-state index is 0.0288. The third-order valence-electron chi connectivity index (χ3n) is 6.05. The summed E-state index contributed by atoms with van der Waals surface area (Å²) < 4.78 is 42.5. The SMILES string of the molecule is CCN1OC[C@@H](NC(=O)c2ccc(C3=NO[C@](Cc4cc(Cl)cc(Cl)c4)(C(F)(F)F)C3)cc2C)C1=O. The summed E-state index contributed by atoms with van der Waals surface area (Å²) in [5, 5.41) is 7.98. The summed E-state index contributed by atoms with van der Waals surface area (Å²) in [6.45, 7) is 3.77. The summed E-state index contributed by atoms with van der Waals surface area (Å²) >= 11 is 11.9. The van der Waals surface area contributed by atoms with E-state index in [1.807, 2.05) is 0 Å². The number of carbonyl (C=O) groups is 2. The number of likely N-dealkylation sites (N-methyl/N-ethyl adjacent to an activating group) is 1. The molecule has 0 radical (unpaired) electrons. The highest BCUT2D eigenvalue weighted by Gasteiger charge is 2.61. The predicted octanol–water partition coefficient (Wildman–Crippen LogP) is 4.86. The molecule has 0 bridgehead atoms. The molecule has 2 aliphatic rings. The molecule has 7 nitrogen and oxygen atoms in total. The molecule has 2 heterocycles. The van der Waals surface area contributed by atoms with E-state index in [0.29, 0.717) is 17.7 Å². The molecule has 1 fully saturated rings. The molecule has 192 valence electrons. The van der Waals surface area contributed by atoms with Gasteiger partial charge in [0.1, 0.15) is 12.6 Å². The van der Waals surface area contributed by atoms with Gasteiger partial charge in [-0.3, -0.25) is 14.4 Å². The van der Waals surface area contributed by atoms with Crippen LogP contribution in [-0.4, -0.2) is 53.6 Å². The fraction of sp³-hybridized carbons (Fsp3) is 0.375. The van der Waals surface area contributed by atoms with Gasteiger partial charge in [0, 0.05) is 35.0 Å². The molecule has 1 saturated heterocycles. The number of hydrogen-bond acceptors (Lipinski definition) is 5. The van der Waals surface area contributed by atoms with Gasteiger partial charge in [-0.1, -0.05) is 34.4 Å². The first-order valence-electron chi connectivity index (χ1n) is 11.1. The van der Waals surface area contributed by atoms with E-state index in [1.165, 1.54) is 35.4 Å². The maximum atomic E-state index is 14.2. The maximum absolute atomic E-state index is 14.2. The van der Waals surface area contributed by atoms with E-state index in [2.05, 4.69) is 10.5 Å². The number of oxime groups is 1. The van der Waals surface area contributed by atoms with Crippen LogP contribution in [0.3, 0.4) is 0 Å². The quantitative estimate of drug-likeness (QED) is 0.564. The Morgan fingerprint density at radius 1 is 1.22 bits per heavy atom. The number of carbonyl (C=O) groups excluding carboxylic acids is 2. The van der Waals surface area contributed by atoms with Crippen molar-refractivity contribution >= 4 is 40.7 Å². The van der Waals surface area contributed by atoms with E-state index in [1.54, 1.807) is 19.9 Å². The molecular formula is C24H22Cl2F3N3O4. The highest BCUT2D eigenvalue weighted by molar-refractivity contribution is 6.34. The predicted molar refractivity (Wildman–Crippen MR) is 127 cm³/mol. The Bertz CT molecular complexity index is 1220. The standard InChI is InChI=1S/C24H22Cl2F3N3O4/c1-3-32-22(34)20(12-35-32)30-21(33)18-5-4-15(6-13(18)2)19-11-23(36-31-19,24(27,28)29)10-14-7-16(25)9-17(26)8-14/h4-9,20H,3,10-12H2,1-2H3,(H,30,33)/t20-,23+/m1/s1. The molecule has 0 unspecified atom stereocenters. The van der Waals surface area contributed by atoms with Gasteiger partial charge in [-0.15, -0.1) is 0 Å². The zero-order chi connectivity index (χ0) is 26.3. The van der Waals surface area contributed by atoms with Crippen LogP contribution in [0, 0.1) is 6.92 Å². The number of alkyl halides is 3. The Hall–Kier alpha value is -2.82. The molecule has 0 saturated carbocycles. The van der Waals surface area contributed by atoms with Crippen LogP contribution in [0.1, 0.15) is 40.4 Å². The largest absolute Gasteiger partial charge is 0.431 e. The lowest BCUT2D eigenvalue weighted by molar-refractivity contribution is -0.268. The number of rotatable bonds is 6. The molecule has 36 heavy (non-hydrogen) atoms. The van der Waals surface area contributed by atoms with Crippen molar-refractivity contribution in [1.82, 2.24) is 10.4 Å². The molecule has 1 N–H and O–H groups in total. The second-order valence-corrected chi connectivity index (χ2v) is 9.51. The molecule has 2 atom stereocenters. The lowest BCUT2D eigenvalue weighted by Gasteiger charge is -2.29. The lowest BCUT2D eigenvalue weighted by Crippen LogP contribution is -2.47. The summed E-state index contributed by atoms with van der Waals surface area (Å²) in [7, 11) is 0. The van der Waals surface area contributed by atoms with Gasteiger partial charge in [-0.25, -0.2) is 5.06 Å². The Balaban J connectivity index is 1.51. The zero-order valence-corrected chi connectivity index (χ0v) is 20.8. The van der Waals surface area contributed by atoms with Crippen LogP contribution >= 0.6 is 23.2 Å². The average Bonchev–Trinajstić information content (AvgIpc) is 3.37. The highest BCUT2D eigenvalue weighted by atomic mass is 35.5. The van der Waals surface area contributed by atoms with Crippen molar-refractivity contribution in [3.05, 3.63) is 68.7 Å². The van der Waals surface area contributed by atoms with E-state index in [-0.39, 0.29) is 39.4 Å². The van der Waals surface area contributed by atoms with E-state index >= 15 is 0 Å². The first-order chi connectivity index (χ1) is 16.9. The van der Waals surface area contributed by atoms with Crippen molar-refractivity contribution < 1.29 is 32.4 Å². The molecule has 4 rings (SSSR count). The fourth-order valence-corrected chi connectivity index (χ4v) is 4.75. The van der Waals surface area contributed by atoms with Gasteiger partial charge >= 0.3 is 6.18 Å². The number of benzene rings is 2. The Labute approximate surface area is 215 Å². The van der Waals surface area contributed by atoms with Crippen molar-refractivity contribution in [1.29, 1.82) is 0 Å². The molecule has 12 heteroatoms. The summed E-state index contributed by atoms with van der Waals surface area (Å²) in [6.07, 6.45) is -5.80. The molecule has 2 aromatic rings. The van der Waals surface area contributed by atoms with Gasteiger partial charge in [0.15, 0.2) is 0 Å². The van der Waals surface area contributed by atoms with Gasteiger partial charge in [0.25, 0.3) is 11.8 Å². The normalized spacial score (nSPS) is 22.0. The third kappa shape index (κ3) is 5.16. The second kappa shape index (κ2) is 9.91. The van der Waals surface area contributed by atoms with Gasteiger partial charge in [-0.05, 0) is 60.9 Å². The average molecular weight is 544 g/mol. The van der Waals surface area contributed by atoms with Crippen LogP contribution in [0.5, 0.6) is 0 Å². The molecular weight excluding hydrogens is 522 g/mol. The van der Waals surface area contributed by atoms with E-state index < -0.39 is 36.6 Å². The van der Waals surface area contributed by atoms with Gasteiger partial charge in [0.2, 0.25) is 5.60 Å². The number of amides is 2. The highest BCUT2D eigenvalue weighted by Crippen LogP contribution is 2.44. The first-order valence-corrected chi connectivity index (χ1v) is 11.8. The van der Waals surface area contributed by atoms with Crippen molar-refractivity contribution in [3.8, 4) is 0 Å². The van der Waals surface area contributed by atoms with Crippen LogP contribution in [0.4, 0.5) is 13.2 Å². The molecule has 2 aromatic carbocycles. The van der Waals surface area contributed by atoms with Gasteiger partial charge < -0.3 is 10.2 Å². The molecule has 0 spiro atoms. The van der Waals surface area contributed by atoms with Crippen LogP contribution in [0.2, 0.25) is 10.0 Å². The molecule has 0 aromatic heterocycles. The van der Waals surface area contributed by atoms with Crippen LogP contribution < -0.4 is 5.32 Å². The van der Waals surface area contributed by atoms with Crippen molar-refractivity contribution in [2.24, 2.45) is 5.16 Å². The van der Waals surface area contributed by atoms with Crippen molar-refractivity contribution in [2.75, 3.05) is 13.2 Å².